The van der Waals surface area contributed by atoms with Gasteiger partial charge >= 0.3 is 0 Å². The lowest BCUT2D eigenvalue weighted by Gasteiger charge is -2.02. The van der Waals surface area contributed by atoms with Gasteiger partial charge in [0.25, 0.3) is 0 Å². The highest BCUT2D eigenvalue weighted by atomic mass is 35.5. The predicted octanol–water partition coefficient (Wildman–Crippen LogP) is 3.42. The van der Waals surface area contributed by atoms with Crippen LogP contribution in [0, 0.1) is 0 Å². The Balaban J connectivity index is 2.53. The second kappa shape index (κ2) is 4.96. The lowest BCUT2D eigenvalue weighted by molar-refractivity contribution is 0.599. The summed E-state index contributed by atoms with van der Waals surface area (Å²) in [7, 11) is -3.75. The monoisotopic (exact) mass is 342 g/mol. The van der Waals surface area contributed by atoms with Crippen LogP contribution in [0.25, 0.3) is 10.6 Å². The van der Waals surface area contributed by atoms with Crippen LogP contribution in [0.5, 0.6) is 0 Å². The molecule has 0 saturated heterocycles. The molecule has 0 fully saturated rings. The van der Waals surface area contributed by atoms with Crippen LogP contribution in [0.2, 0.25) is 15.1 Å². The number of hydrogen-bond donors (Lipinski definition) is 1. The average Bonchev–Trinajstić information content (AvgIpc) is 2.73. The van der Waals surface area contributed by atoms with Gasteiger partial charge in [-0.1, -0.05) is 34.8 Å². The van der Waals surface area contributed by atoms with Crippen molar-refractivity contribution in [2.75, 3.05) is 0 Å². The summed E-state index contributed by atoms with van der Waals surface area (Å²) >= 11 is 18.5. The Bertz CT molecular complexity index is 689. The number of sulfonamides is 1. The zero-order chi connectivity index (χ0) is 13.5. The summed E-state index contributed by atoms with van der Waals surface area (Å²) in [5.41, 5.74) is 0.578. The molecule has 0 amide bonds. The molecule has 1 aromatic carbocycles. The number of nitrogens with zero attached hydrogens (tertiary/aromatic N) is 1. The van der Waals surface area contributed by atoms with Crippen molar-refractivity contribution in [1.29, 1.82) is 0 Å². The molecule has 0 aliphatic heterocycles. The van der Waals surface area contributed by atoms with E-state index in [1.54, 1.807) is 12.1 Å². The predicted molar refractivity (Wildman–Crippen MR) is 74.0 cm³/mol. The minimum Gasteiger partial charge on any atom is -0.243 e. The smallest absolute Gasteiger partial charge is 0.243 e. The second-order valence-corrected chi connectivity index (χ2v) is 7.29. The SMILES string of the molecule is NS(=O)(=O)c1cnc(-c2cc(Cl)c(Cl)c(Cl)c2)s1. The maximum absolute atomic E-state index is 11.1. The van der Waals surface area contributed by atoms with E-state index in [1.165, 1.54) is 6.20 Å². The number of rotatable bonds is 2. The molecule has 2 aromatic rings. The number of nitrogens with two attached hydrogens (primary N) is 1. The van der Waals surface area contributed by atoms with Crippen molar-refractivity contribution >= 4 is 56.2 Å². The highest BCUT2D eigenvalue weighted by Crippen LogP contribution is 2.36. The summed E-state index contributed by atoms with van der Waals surface area (Å²) in [5, 5.41) is 6.23. The number of primary sulfonamides is 1. The molecule has 0 spiro atoms. The molecular formula is C9H5Cl3N2O2S2. The maximum atomic E-state index is 11.1. The number of aromatic nitrogens is 1. The second-order valence-electron chi connectivity index (χ2n) is 3.28. The number of hydrogen-bond acceptors (Lipinski definition) is 4. The van der Waals surface area contributed by atoms with Crippen LogP contribution >= 0.6 is 46.1 Å². The fourth-order valence-electron chi connectivity index (χ4n) is 1.20. The average molecular weight is 344 g/mol. The van der Waals surface area contributed by atoms with Gasteiger partial charge in [0.05, 0.1) is 21.3 Å². The first-order valence-electron chi connectivity index (χ1n) is 4.42. The zero-order valence-corrected chi connectivity index (χ0v) is 12.4. The Kier molecular flexibility index (Phi) is 3.87. The highest BCUT2D eigenvalue weighted by Gasteiger charge is 2.15. The van der Waals surface area contributed by atoms with Gasteiger partial charge in [-0.3, -0.25) is 0 Å². The van der Waals surface area contributed by atoms with Crippen LogP contribution in [0.15, 0.2) is 22.5 Å². The molecule has 96 valence electrons. The summed E-state index contributed by atoms with van der Waals surface area (Å²) < 4.78 is 22.3. The van der Waals surface area contributed by atoms with Gasteiger partial charge < -0.3 is 0 Å². The standard InChI is InChI=1S/C9H5Cl3N2O2S2/c10-5-1-4(2-6(11)8(5)12)9-14-3-7(17-9)18(13,15)16/h1-3H,(H2,13,15,16). The minimum atomic E-state index is -3.75. The van der Waals surface area contributed by atoms with Crippen molar-refractivity contribution in [1.82, 2.24) is 4.98 Å². The first kappa shape index (κ1) is 14.0. The van der Waals surface area contributed by atoms with Gasteiger partial charge in [0, 0.05) is 5.56 Å². The van der Waals surface area contributed by atoms with Crippen LogP contribution in [0.1, 0.15) is 0 Å². The molecule has 1 heterocycles. The fraction of sp³-hybridized carbons (Fsp3) is 0. The van der Waals surface area contributed by atoms with Gasteiger partial charge in [-0.05, 0) is 12.1 Å². The number of benzene rings is 1. The van der Waals surface area contributed by atoms with Gasteiger partial charge in [0.15, 0.2) is 4.21 Å². The van der Waals surface area contributed by atoms with Gasteiger partial charge in [0.2, 0.25) is 10.0 Å². The summed E-state index contributed by atoms with van der Waals surface area (Å²) in [4.78, 5) is 3.96. The molecule has 9 heteroatoms. The Morgan fingerprint density at radius 1 is 1.17 bits per heavy atom. The summed E-state index contributed by atoms with van der Waals surface area (Å²) in [6, 6.07) is 3.11. The first-order chi connectivity index (χ1) is 8.29. The lowest BCUT2D eigenvalue weighted by Crippen LogP contribution is -2.09. The third-order valence-corrected chi connectivity index (χ3v) is 5.65. The molecular weight excluding hydrogens is 339 g/mol. The Hall–Kier alpha value is -0.370. The first-order valence-corrected chi connectivity index (χ1v) is 7.92. The summed E-state index contributed by atoms with van der Waals surface area (Å²) in [6.07, 6.45) is 1.19. The quantitative estimate of drug-likeness (QED) is 0.849. The third kappa shape index (κ3) is 2.79. The van der Waals surface area contributed by atoms with E-state index >= 15 is 0 Å². The molecule has 0 bridgehead atoms. The molecule has 2 N–H and O–H groups in total. The maximum Gasteiger partial charge on any atom is 0.249 e. The number of halogens is 3. The van der Waals surface area contributed by atoms with E-state index in [9.17, 15) is 8.42 Å². The fourth-order valence-corrected chi connectivity index (χ4v) is 3.34. The van der Waals surface area contributed by atoms with Crippen molar-refractivity contribution in [3.8, 4) is 10.6 Å². The Morgan fingerprint density at radius 3 is 2.17 bits per heavy atom. The highest BCUT2D eigenvalue weighted by molar-refractivity contribution is 7.91. The molecule has 0 saturated carbocycles. The summed E-state index contributed by atoms with van der Waals surface area (Å²) in [5.74, 6) is 0. The van der Waals surface area contributed by atoms with E-state index in [0.717, 1.165) is 11.3 Å². The molecule has 2 rings (SSSR count). The van der Waals surface area contributed by atoms with Gasteiger partial charge in [-0.2, -0.15) is 0 Å². The minimum absolute atomic E-state index is 0.0281. The molecule has 1 aromatic heterocycles. The molecule has 18 heavy (non-hydrogen) atoms. The van der Waals surface area contributed by atoms with Crippen LogP contribution in [0.3, 0.4) is 0 Å². The molecule has 0 aliphatic carbocycles. The van der Waals surface area contributed by atoms with Gasteiger partial charge in [-0.15, -0.1) is 11.3 Å². The normalized spacial score (nSPS) is 11.8. The van der Waals surface area contributed by atoms with Crippen molar-refractivity contribution in [2.45, 2.75) is 4.21 Å². The van der Waals surface area contributed by atoms with E-state index in [4.69, 9.17) is 39.9 Å². The van der Waals surface area contributed by atoms with E-state index < -0.39 is 10.0 Å². The van der Waals surface area contributed by atoms with E-state index in [1.807, 2.05) is 0 Å². The van der Waals surface area contributed by atoms with Crippen molar-refractivity contribution < 1.29 is 8.42 Å². The van der Waals surface area contributed by atoms with Crippen molar-refractivity contribution in [3.05, 3.63) is 33.4 Å². The van der Waals surface area contributed by atoms with E-state index in [2.05, 4.69) is 4.98 Å². The van der Waals surface area contributed by atoms with Crippen molar-refractivity contribution in [2.24, 2.45) is 5.14 Å². The topological polar surface area (TPSA) is 73.1 Å². The van der Waals surface area contributed by atoms with Crippen LogP contribution in [-0.4, -0.2) is 13.4 Å². The molecule has 0 unspecified atom stereocenters. The molecule has 0 atom stereocenters. The van der Waals surface area contributed by atoms with E-state index in [-0.39, 0.29) is 19.3 Å². The van der Waals surface area contributed by atoms with Gasteiger partial charge in [0.1, 0.15) is 5.01 Å². The summed E-state index contributed by atoms with van der Waals surface area (Å²) in [6.45, 7) is 0. The van der Waals surface area contributed by atoms with Crippen LogP contribution in [0.4, 0.5) is 0 Å². The van der Waals surface area contributed by atoms with Crippen LogP contribution in [-0.2, 0) is 10.0 Å². The van der Waals surface area contributed by atoms with Gasteiger partial charge in [-0.25, -0.2) is 18.5 Å². The number of thiazole rings is 1. The molecule has 0 aliphatic rings. The molecule has 4 nitrogen and oxygen atoms in total. The largest absolute Gasteiger partial charge is 0.249 e. The zero-order valence-electron chi connectivity index (χ0n) is 8.52. The van der Waals surface area contributed by atoms with Crippen LogP contribution < -0.4 is 5.14 Å². The Labute approximate surface area is 122 Å². The van der Waals surface area contributed by atoms with Crippen molar-refractivity contribution in [3.63, 3.8) is 0 Å². The third-order valence-electron chi connectivity index (χ3n) is 2.00. The van der Waals surface area contributed by atoms with E-state index in [0.29, 0.717) is 10.6 Å². The molecule has 0 radical (unpaired) electrons. The Morgan fingerprint density at radius 2 is 1.72 bits per heavy atom. The lowest BCUT2D eigenvalue weighted by atomic mass is 10.2.